The van der Waals surface area contributed by atoms with Crippen LogP contribution in [0, 0.1) is 0 Å². The zero-order chi connectivity index (χ0) is 13.9. The van der Waals surface area contributed by atoms with Gasteiger partial charge in [0.05, 0.1) is 11.1 Å². The van der Waals surface area contributed by atoms with E-state index in [1.54, 1.807) is 12.4 Å². The molecule has 0 fully saturated rings. The average Bonchev–Trinajstić information content (AvgIpc) is 2.48. The summed E-state index contributed by atoms with van der Waals surface area (Å²) in [4.78, 5) is 19.6. The predicted molar refractivity (Wildman–Crippen MR) is 75.7 cm³/mol. The number of rotatable bonds is 3. The molecule has 2 aromatic heterocycles. The van der Waals surface area contributed by atoms with Gasteiger partial charge in [-0.15, -0.1) is 0 Å². The summed E-state index contributed by atoms with van der Waals surface area (Å²) in [5, 5.41) is 10.3. The van der Waals surface area contributed by atoms with E-state index in [4.69, 9.17) is 0 Å². The number of benzene rings is 1. The van der Waals surface area contributed by atoms with Gasteiger partial charge in [0.2, 0.25) is 0 Å². The number of aromatic nitrogens is 2. The topological polar surface area (TPSA) is 63.1 Å². The third-order valence-electron chi connectivity index (χ3n) is 3.25. The molecule has 0 amide bonds. The maximum atomic E-state index is 11.2. The third-order valence-corrected chi connectivity index (χ3v) is 3.25. The second-order valence-electron chi connectivity index (χ2n) is 4.50. The van der Waals surface area contributed by atoms with Crippen LogP contribution in [-0.4, -0.2) is 21.0 Å². The van der Waals surface area contributed by atoms with Crippen LogP contribution in [0.5, 0.6) is 0 Å². The lowest BCUT2D eigenvalue weighted by Crippen LogP contribution is -2.04. The Morgan fingerprint density at radius 1 is 1.05 bits per heavy atom. The number of carboxylic acid groups (broad SMARTS) is 1. The van der Waals surface area contributed by atoms with Gasteiger partial charge in [0, 0.05) is 30.4 Å². The van der Waals surface area contributed by atoms with E-state index in [-0.39, 0.29) is 0 Å². The predicted octanol–water partition coefficient (Wildman–Crippen LogP) is 2.92. The Morgan fingerprint density at radius 3 is 2.75 bits per heavy atom. The Morgan fingerprint density at radius 2 is 1.90 bits per heavy atom. The van der Waals surface area contributed by atoms with E-state index in [0.717, 1.165) is 16.5 Å². The zero-order valence-electron chi connectivity index (χ0n) is 10.7. The molecule has 0 aliphatic carbocycles. The minimum atomic E-state index is -0.930. The van der Waals surface area contributed by atoms with Gasteiger partial charge in [-0.25, -0.2) is 4.79 Å². The number of pyridine rings is 2. The van der Waals surface area contributed by atoms with E-state index < -0.39 is 5.97 Å². The van der Waals surface area contributed by atoms with Crippen molar-refractivity contribution in [3.8, 4) is 0 Å². The van der Waals surface area contributed by atoms with Crippen molar-refractivity contribution >= 4 is 16.9 Å². The highest BCUT2D eigenvalue weighted by molar-refractivity contribution is 5.89. The molecule has 0 bridgehead atoms. The fourth-order valence-corrected chi connectivity index (χ4v) is 2.29. The molecule has 20 heavy (non-hydrogen) atoms. The minimum Gasteiger partial charge on any atom is -0.478 e. The van der Waals surface area contributed by atoms with E-state index in [1.165, 1.54) is 12.3 Å². The maximum Gasteiger partial charge on any atom is 0.336 e. The molecule has 0 aliphatic rings. The number of nitrogens with zero attached hydrogens (tertiary/aromatic N) is 2. The Kier molecular flexibility index (Phi) is 3.13. The first-order valence-electron chi connectivity index (χ1n) is 6.24. The molecule has 3 aromatic rings. The summed E-state index contributed by atoms with van der Waals surface area (Å²) in [6.45, 7) is 0. The van der Waals surface area contributed by atoms with Gasteiger partial charge >= 0.3 is 5.97 Å². The van der Waals surface area contributed by atoms with Gasteiger partial charge in [-0.05, 0) is 29.3 Å². The van der Waals surface area contributed by atoms with Crippen LogP contribution in [0.1, 0.15) is 21.5 Å². The monoisotopic (exact) mass is 264 g/mol. The molecule has 0 spiro atoms. The molecular formula is C16H12N2O2. The molecule has 0 unspecified atom stereocenters. The number of aromatic carboxylic acids is 1. The number of para-hydroxylation sites is 1. The second kappa shape index (κ2) is 5.09. The van der Waals surface area contributed by atoms with Crippen molar-refractivity contribution in [2.24, 2.45) is 0 Å². The quantitative estimate of drug-likeness (QED) is 0.790. The fraction of sp³-hybridized carbons (Fsp3) is 0.0625. The summed E-state index contributed by atoms with van der Waals surface area (Å²) in [6, 6.07) is 11.3. The highest BCUT2D eigenvalue weighted by Gasteiger charge is 2.11. The van der Waals surface area contributed by atoms with Crippen molar-refractivity contribution in [3.63, 3.8) is 0 Å². The molecule has 0 atom stereocenters. The minimum absolute atomic E-state index is 0.292. The van der Waals surface area contributed by atoms with Crippen LogP contribution in [0.15, 0.2) is 55.0 Å². The van der Waals surface area contributed by atoms with Crippen LogP contribution in [0.2, 0.25) is 0 Å². The van der Waals surface area contributed by atoms with Gasteiger partial charge < -0.3 is 5.11 Å². The second-order valence-corrected chi connectivity index (χ2v) is 4.50. The van der Waals surface area contributed by atoms with Crippen LogP contribution in [0.25, 0.3) is 10.9 Å². The largest absolute Gasteiger partial charge is 0.478 e. The van der Waals surface area contributed by atoms with E-state index in [2.05, 4.69) is 9.97 Å². The van der Waals surface area contributed by atoms with Crippen LogP contribution in [0.4, 0.5) is 0 Å². The van der Waals surface area contributed by atoms with Crippen molar-refractivity contribution < 1.29 is 9.90 Å². The molecule has 0 saturated carbocycles. The summed E-state index contributed by atoms with van der Waals surface area (Å²) < 4.78 is 0. The van der Waals surface area contributed by atoms with Crippen molar-refractivity contribution in [3.05, 3.63) is 71.7 Å². The van der Waals surface area contributed by atoms with E-state index in [9.17, 15) is 9.90 Å². The molecule has 4 heteroatoms. The van der Waals surface area contributed by atoms with Crippen molar-refractivity contribution in [2.45, 2.75) is 6.42 Å². The molecule has 0 aliphatic heterocycles. The number of hydrogen-bond donors (Lipinski definition) is 1. The zero-order valence-corrected chi connectivity index (χ0v) is 10.7. The standard InChI is InChI=1S/C16H12N2O2/c19-16(20)14-6-7-17-10-12(14)9-11-5-8-18-15-4-2-1-3-13(11)15/h1-8,10H,9H2,(H,19,20). The molecule has 3 rings (SSSR count). The summed E-state index contributed by atoms with van der Waals surface area (Å²) in [7, 11) is 0. The van der Waals surface area contributed by atoms with Gasteiger partial charge in [0.1, 0.15) is 0 Å². The number of carboxylic acids is 1. The van der Waals surface area contributed by atoms with Gasteiger partial charge in [-0.1, -0.05) is 18.2 Å². The smallest absolute Gasteiger partial charge is 0.336 e. The van der Waals surface area contributed by atoms with Crippen molar-refractivity contribution in [2.75, 3.05) is 0 Å². The van der Waals surface area contributed by atoms with Crippen LogP contribution < -0.4 is 0 Å². The molecule has 2 heterocycles. The first kappa shape index (κ1) is 12.3. The number of carbonyl (C=O) groups is 1. The lowest BCUT2D eigenvalue weighted by atomic mass is 9.99. The average molecular weight is 264 g/mol. The first-order chi connectivity index (χ1) is 9.75. The summed E-state index contributed by atoms with van der Waals surface area (Å²) in [5.74, 6) is -0.930. The maximum absolute atomic E-state index is 11.2. The Hall–Kier alpha value is -2.75. The SMILES string of the molecule is O=C(O)c1ccncc1Cc1ccnc2ccccc12. The normalized spacial score (nSPS) is 10.6. The van der Waals surface area contributed by atoms with Gasteiger partial charge in [0.25, 0.3) is 0 Å². The van der Waals surface area contributed by atoms with Crippen LogP contribution in [0.3, 0.4) is 0 Å². The lowest BCUT2D eigenvalue weighted by molar-refractivity contribution is 0.0695. The Balaban J connectivity index is 2.08. The molecule has 4 nitrogen and oxygen atoms in total. The molecule has 1 aromatic carbocycles. The Bertz CT molecular complexity index is 779. The highest BCUT2D eigenvalue weighted by atomic mass is 16.4. The van der Waals surface area contributed by atoms with Crippen LogP contribution >= 0.6 is 0 Å². The Labute approximate surface area is 115 Å². The molecule has 0 saturated heterocycles. The highest BCUT2D eigenvalue weighted by Crippen LogP contribution is 2.20. The first-order valence-corrected chi connectivity index (χ1v) is 6.24. The van der Waals surface area contributed by atoms with E-state index in [1.807, 2.05) is 30.3 Å². The van der Waals surface area contributed by atoms with E-state index in [0.29, 0.717) is 17.5 Å². The summed E-state index contributed by atoms with van der Waals surface area (Å²) in [5.41, 5.74) is 2.95. The summed E-state index contributed by atoms with van der Waals surface area (Å²) in [6.07, 6.45) is 5.38. The lowest BCUT2D eigenvalue weighted by Gasteiger charge is -2.08. The number of hydrogen-bond acceptors (Lipinski definition) is 3. The van der Waals surface area contributed by atoms with Crippen molar-refractivity contribution in [1.29, 1.82) is 0 Å². The number of fused-ring (bicyclic) bond motifs is 1. The molecule has 98 valence electrons. The van der Waals surface area contributed by atoms with Crippen LogP contribution in [-0.2, 0) is 6.42 Å². The fourth-order valence-electron chi connectivity index (χ4n) is 2.29. The molecule has 1 N–H and O–H groups in total. The van der Waals surface area contributed by atoms with E-state index >= 15 is 0 Å². The van der Waals surface area contributed by atoms with Crippen molar-refractivity contribution in [1.82, 2.24) is 9.97 Å². The van der Waals surface area contributed by atoms with Gasteiger partial charge in [-0.3, -0.25) is 9.97 Å². The molecule has 0 radical (unpaired) electrons. The third kappa shape index (κ3) is 2.23. The van der Waals surface area contributed by atoms with Gasteiger partial charge in [0.15, 0.2) is 0 Å². The summed E-state index contributed by atoms with van der Waals surface area (Å²) >= 11 is 0. The molecular weight excluding hydrogens is 252 g/mol. The van der Waals surface area contributed by atoms with Gasteiger partial charge in [-0.2, -0.15) is 0 Å².